The molecule has 0 spiro atoms. The molecule has 2 aromatic heterocycles. The number of alkyl halides is 3. The van der Waals surface area contributed by atoms with Gasteiger partial charge < -0.3 is 17.2 Å². The van der Waals surface area contributed by atoms with Crippen LogP contribution < -0.4 is 17.2 Å². The van der Waals surface area contributed by atoms with E-state index in [1.54, 1.807) is 0 Å². The van der Waals surface area contributed by atoms with Crippen molar-refractivity contribution < 1.29 is 0 Å². The van der Waals surface area contributed by atoms with Crippen molar-refractivity contribution in [3.8, 4) is 0 Å². The maximum Gasteiger partial charge on any atom is 0.226 e. The second-order valence-electron chi connectivity index (χ2n) is 3.39. The topological polar surface area (TPSA) is 155 Å². The lowest BCUT2D eigenvalue weighted by atomic mass is 10.5. The molecule has 0 aliphatic carbocycles. The van der Waals surface area contributed by atoms with E-state index in [1.165, 1.54) is 0 Å². The summed E-state index contributed by atoms with van der Waals surface area (Å²) >= 11 is 16.6. The van der Waals surface area contributed by atoms with Gasteiger partial charge >= 0.3 is 0 Å². The lowest BCUT2D eigenvalue weighted by Gasteiger charge is -2.00. The highest BCUT2D eigenvalue weighted by Gasteiger charge is 2.03. The Bertz CT molecular complexity index is 489. The Labute approximate surface area is 135 Å². The Balaban J connectivity index is 0.000000219. The molecule has 0 aliphatic rings. The average molecular weight is 353 g/mol. The number of nitrogen functional groups attached to an aromatic ring is 3. The van der Waals surface area contributed by atoms with Crippen LogP contribution in [-0.2, 0) is 17.6 Å². The third-order valence-corrected chi connectivity index (χ3v) is 2.54. The lowest BCUT2D eigenvalue weighted by Crippen LogP contribution is -2.05. The van der Waals surface area contributed by atoms with Crippen LogP contribution in [0.1, 0.15) is 17.5 Å². The minimum atomic E-state index is 0.0417. The summed E-state index contributed by atoms with van der Waals surface area (Å²) in [6.45, 7) is 0. The van der Waals surface area contributed by atoms with Crippen molar-refractivity contribution in [2.24, 2.45) is 0 Å². The third kappa shape index (κ3) is 6.06. The molecule has 0 bridgehead atoms. The molecule has 2 aromatic rings. The third-order valence-electron chi connectivity index (χ3n) is 1.82. The smallest absolute Gasteiger partial charge is 0.226 e. The van der Waals surface area contributed by atoms with Crippen molar-refractivity contribution in [3.05, 3.63) is 17.5 Å². The first-order valence-corrected chi connectivity index (χ1v) is 7.02. The largest absolute Gasteiger partial charge is 0.368 e. The zero-order valence-electron chi connectivity index (χ0n) is 10.7. The second kappa shape index (κ2) is 8.55. The number of nitrogens with two attached hydrogens (primary N) is 3. The van der Waals surface area contributed by atoms with Crippen molar-refractivity contribution in [1.82, 2.24) is 29.9 Å². The first-order valence-electron chi connectivity index (χ1n) is 5.41. The summed E-state index contributed by atoms with van der Waals surface area (Å²) in [6.07, 6.45) is 0. The SMILES string of the molecule is ClCc1nc(CCl)nc(CCl)n1.Nc1nc(N)nc(N)n1. The maximum atomic E-state index is 5.55. The van der Waals surface area contributed by atoms with Gasteiger partial charge in [-0.1, -0.05) is 0 Å². The lowest BCUT2D eigenvalue weighted by molar-refractivity contribution is 0.849. The molecule has 0 radical (unpaired) electrons. The van der Waals surface area contributed by atoms with Crippen LogP contribution in [0.2, 0.25) is 0 Å². The Hall–Kier alpha value is -1.71. The summed E-state index contributed by atoms with van der Waals surface area (Å²) < 4.78 is 0. The van der Waals surface area contributed by atoms with E-state index in [1.807, 2.05) is 0 Å². The van der Waals surface area contributed by atoms with E-state index in [-0.39, 0.29) is 35.5 Å². The Morgan fingerprint density at radius 2 is 0.762 bits per heavy atom. The van der Waals surface area contributed by atoms with Gasteiger partial charge in [0.15, 0.2) is 0 Å². The van der Waals surface area contributed by atoms with Gasteiger partial charge in [0.1, 0.15) is 17.5 Å². The van der Waals surface area contributed by atoms with E-state index in [0.717, 1.165) is 0 Å². The molecule has 0 fully saturated rings. The molecular weight excluding hydrogens is 341 g/mol. The van der Waals surface area contributed by atoms with Crippen molar-refractivity contribution in [3.63, 3.8) is 0 Å². The van der Waals surface area contributed by atoms with Crippen molar-refractivity contribution in [1.29, 1.82) is 0 Å². The van der Waals surface area contributed by atoms with Crippen LogP contribution in [0.4, 0.5) is 17.8 Å². The first-order chi connectivity index (χ1) is 9.98. The van der Waals surface area contributed by atoms with Crippen LogP contribution in [0.5, 0.6) is 0 Å². The minimum absolute atomic E-state index is 0.0417. The predicted octanol–water partition coefficient (Wildman–Crippen LogP) is 0.706. The second-order valence-corrected chi connectivity index (χ2v) is 4.20. The zero-order valence-corrected chi connectivity index (χ0v) is 12.9. The summed E-state index contributed by atoms with van der Waals surface area (Å²) in [5, 5.41) is 0. The number of hydrogen-bond donors (Lipinski definition) is 3. The average Bonchev–Trinajstić information content (AvgIpc) is 2.45. The maximum absolute atomic E-state index is 5.55. The molecular formula is C9H12Cl3N9. The summed E-state index contributed by atoms with van der Waals surface area (Å²) in [6, 6.07) is 0. The molecule has 0 saturated heterocycles. The van der Waals surface area contributed by atoms with Crippen molar-refractivity contribution >= 4 is 52.6 Å². The van der Waals surface area contributed by atoms with Crippen LogP contribution in [0.15, 0.2) is 0 Å². The summed E-state index contributed by atoms with van der Waals surface area (Å²) in [5.41, 5.74) is 15.4. The molecule has 0 amide bonds. The van der Waals surface area contributed by atoms with Crippen molar-refractivity contribution in [2.45, 2.75) is 17.6 Å². The number of aromatic nitrogens is 6. The van der Waals surface area contributed by atoms with Crippen LogP contribution in [0, 0.1) is 0 Å². The van der Waals surface area contributed by atoms with Gasteiger partial charge in [0.05, 0.1) is 17.6 Å². The van der Waals surface area contributed by atoms with Crippen molar-refractivity contribution in [2.75, 3.05) is 17.2 Å². The Kier molecular flexibility index (Phi) is 7.06. The molecule has 0 unspecified atom stereocenters. The number of hydrogen-bond acceptors (Lipinski definition) is 9. The number of rotatable bonds is 3. The van der Waals surface area contributed by atoms with Crippen LogP contribution >= 0.6 is 34.8 Å². The number of anilines is 3. The summed E-state index contributed by atoms with van der Waals surface area (Å²) in [4.78, 5) is 22.4. The van der Waals surface area contributed by atoms with E-state index in [9.17, 15) is 0 Å². The van der Waals surface area contributed by atoms with Crippen LogP contribution in [0.3, 0.4) is 0 Å². The highest BCUT2D eigenvalue weighted by atomic mass is 35.5. The van der Waals surface area contributed by atoms with E-state index in [4.69, 9.17) is 52.0 Å². The fourth-order valence-electron chi connectivity index (χ4n) is 1.13. The normalized spacial score (nSPS) is 9.86. The highest BCUT2D eigenvalue weighted by Crippen LogP contribution is 2.03. The molecule has 2 heterocycles. The summed E-state index contributed by atoms with van der Waals surface area (Å²) in [5.74, 6) is 2.40. The van der Waals surface area contributed by atoms with Crippen LogP contribution in [-0.4, -0.2) is 29.9 Å². The molecule has 0 atom stereocenters. The zero-order chi connectivity index (χ0) is 15.8. The Morgan fingerprint density at radius 1 is 0.524 bits per heavy atom. The van der Waals surface area contributed by atoms with Gasteiger partial charge in [0, 0.05) is 0 Å². The highest BCUT2D eigenvalue weighted by molar-refractivity contribution is 6.17. The molecule has 0 aromatic carbocycles. The van der Waals surface area contributed by atoms with E-state index in [0.29, 0.717) is 17.5 Å². The van der Waals surface area contributed by atoms with Gasteiger partial charge in [-0.05, 0) is 0 Å². The number of nitrogens with zero attached hydrogens (tertiary/aromatic N) is 6. The van der Waals surface area contributed by atoms with E-state index >= 15 is 0 Å². The van der Waals surface area contributed by atoms with E-state index in [2.05, 4.69) is 29.9 Å². The van der Waals surface area contributed by atoms with Gasteiger partial charge in [-0.25, -0.2) is 15.0 Å². The molecule has 21 heavy (non-hydrogen) atoms. The molecule has 12 heteroatoms. The minimum Gasteiger partial charge on any atom is -0.368 e. The fourth-order valence-corrected chi connectivity index (χ4v) is 1.49. The molecule has 114 valence electrons. The molecule has 0 aliphatic heterocycles. The van der Waals surface area contributed by atoms with Gasteiger partial charge in [-0.2, -0.15) is 15.0 Å². The van der Waals surface area contributed by atoms with Gasteiger partial charge in [-0.3, -0.25) is 0 Å². The van der Waals surface area contributed by atoms with E-state index < -0.39 is 0 Å². The van der Waals surface area contributed by atoms with Crippen LogP contribution in [0.25, 0.3) is 0 Å². The van der Waals surface area contributed by atoms with Gasteiger partial charge in [0.2, 0.25) is 17.8 Å². The summed E-state index contributed by atoms with van der Waals surface area (Å²) in [7, 11) is 0. The fraction of sp³-hybridized carbons (Fsp3) is 0.333. The van der Waals surface area contributed by atoms with Gasteiger partial charge in [0.25, 0.3) is 0 Å². The quantitative estimate of drug-likeness (QED) is 0.677. The number of halogens is 3. The van der Waals surface area contributed by atoms with Gasteiger partial charge in [-0.15, -0.1) is 34.8 Å². The molecule has 0 saturated carbocycles. The first kappa shape index (κ1) is 17.3. The Morgan fingerprint density at radius 3 is 0.952 bits per heavy atom. The monoisotopic (exact) mass is 351 g/mol. The standard InChI is InChI=1S/C6H6Cl3N3.C3H6N6/c7-1-4-10-5(2-8)12-6(3-9)11-4;4-1-7-2(5)9-3(6)8-1/h1-3H2;(H6,4,5,6,7,8,9). The molecule has 9 nitrogen and oxygen atoms in total. The molecule has 6 N–H and O–H groups in total. The molecule has 2 rings (SSSR count). The predicted molar refractivity (Wildman–Crippen MR) is 81.6 cm³/mol.